The van der Waals surface area contributed by atoms with Crippen molar-refractivity contribution >= 4 is 35.8 Å². The molecule has 286 valence electrons. The minimum Gasteiger partial charge on any atom is -0.456 e. The van der Waals surface area contributed by atoms with Crippen LogP contribution in [-0.2, 0) is 57.0 Å². The van der Waals surface area contributed by atoms with Crippen molar-refractivity contribution in [3.63, 3.8) is 0 Å². The third-order valence-electron chi connectivity index (χ3n) is 8.10. The lowest BCUT2D eigenvalue weighted by atomic mass is 9.98. The van der Waals surface area contributed by atoms with Gasteiger partial charge in [0.05, 0.1) is 29.9 Å². The molecule has 2 fully saturated rings. The van der Waals surface area contributed by atoms with Gasteiger partial charge in [-0.15, -0.1) is 0 Å². The summed E-state index contributed by atoms with van der Waals surface area (Å²) in [7, 11) is 0. The average Bonchev–Trinajstić information content (AvgIpc) is 3.15. The highest BCUT2D eigenvalue weighted by molar-refractivity contribution is 5.91. The Kier molecular flexibility index (Phi) is 13.5. The normalized spacial score (nSPS) is 26.3. The van der Waals surface area contributed by atoms with Crippen molar-refractivity contribution in [3.05, 3.63) is 108 Å². The summed E-state index contributed by atoms with van der Waals surface area (Å²) in [5, 5.41) is 10.8. The van der Waals surface area contributed by atoms with Gasteiger partial charge in [0.25, 0.3) is 0 Å². The molecule has 2 aliphatic heterocycles. The number of benzene rings is 3. The van der Waals surface area contributed by atoms with Crippen molar-refractivity contribution in [1.29, 1.82) is 0 Å². The van der Waals surface area contributed by atoms with Crippen LogP contribution in [0.25, 0.3) is 0 Å². The Morgan fingerprint density at radius 2 is 0.981 bits per heavy atom. The number of hydrogen-bond donors (Lipinski definition) is 1. The summed E-state index contributed by atoms with van der Waals surface area (Å²) in [6, 6.07) is 23.7. The molecule has 2 aliphatic rings. The van der Waals surface area contributed by atoms with Crippen LogP contribution in [0.3, 0.4) is 0 Å². The van der Waals surface area contributed by atoms with E-state index in [4.69, 9.17) is 42.6 Å². The van der Waals surface area contributed by atoms with E-state index in [1.165, 1.54) is 36.4 Å². The SMILES string of the molecule is CC(=O)OC1[C@@H](OC(C)=O)[C@H](OC(C)=O)C(CO[C@@H]2OC[C@@H](OC(=O)c3ccccc3)[C@H](OC(=O)c3ccccc3)C2OC(=O)c2ccccc2)O[C@@H]1O. The van der Waals surface area contributed by atoms with Gasteiger partial charge in [-0.2, -0.15) is 0 Å². The molecule has 3 aromatic carbocycles. The van der Waals surface area contributed by atoms with E-state index in [1.807, 2.05) is 0 Å². The first-order valence-corrected chi connectivity index (χ1v) is 16.8. The molecule has 1 N–H and O–H groups in total. The molecule has 2 heterocycles. The number of hydrogen-bond acceptors (Lipinski definition) is 16. The Morgan fingerprint density at radius 1 is 0.556 bits per heavy atom. The van der Waals surface area contributed by atoms with Gasteiger partial charge < -0.3 is 47.7 Å². The zero-order valence-corrected chi connectivity index (χ0v) is 29.3. The zero-order valence-electron chi connectivity index (χ0n) is 29.3. The molecule has 3 unspecified atom stereocenters. The standard InChI is InChI=1S/C38H38O16/c1-21(39)48-29-27(52-37(45)32(50-23(3)41)31(29)49-22(2)40)19-46-38-33(54-36(44)26-17-11-6-12-18-26)30(53-35(43)25-15-9-5-10-16-25)28(20-47-38)51-34(42)24-13-7-4-8-14-24/h4-18,27-33,37-38,45H,19-20H2,1-3H3/t27?,28-,29-,30+,31+,32?,33?,37+,38-/m1/s1. The van der Waals surface area contributed by atoms with Gasteiger partial charge in [0.1, 0.15) is 6.10 Å². The molecule has 0 aromatic heterocycles. The van der Waals surface area contributed by atoms with Crippen LogP contribution in [0.2, 0.25) is 0 Å². The van der Waals surface area contributed by atoms with E-state index >= 15 is 0 Å². The van der Waals surface area contributed by atoms with Gasteiger partial charge in [0, 0.05) is 20.8 Å². The summed E-state index contributed by atoms with van der Waals surface area (Å²) in [6.45, 7) is 2.15. The largest absolute Gasteiger partial charge is 0.456 e. The summed E-state index contributed by atoms with van der Waals surface area (Å²) in [6.07, 6.45) is -14.0. The molecular formula is C38H38O16. The van der Waals surface area contributed by atoms with Gasteiger partial charge in [0.15, 0.2) is 49.2 Å². The van der Waals surface area contributed by atoms with Crippen molar-refractivity contribution in [3.8, 4) is 0 Å². The smallest absolute Gasteiger partial charge is 0.338 e. The summed E-state index contributed by atoms with van der Waals surface area (Å²) in [5.74, 6) is -5.07. The van der Waals surface area contributed by atoms with Crippen LogP contribution in [0.15, 0.2) is 91.0 Å². The van der Waals surface area contributed by atoms with Crippen LogP contribution in [0, 0.1) is 0 Å². The Bertz CT molecular complexity index is 1770. The molecule has 0 amide bonds. The third kappa shape index (κ3) is 10.3. The van der Waals surface area contributed by atoms with Crippen LogP contribution >= 0.6 is 0 Å². The monoisotopic (exact) mass is 750 g/mol. The van der Waals surface area contributed by atoms with Crippen molar-refractivity contribution in [2.75, 3.05) is 13.2 Å². The third-order valence-corrected chi connectivity index (χ3v) is 8.10. The van der Waals surface area contributed by atoms with Gasteiger partial charge in [-0.3, -0.25) is 14.4 Å². The number of esters is 6. The number of ether oxygens (including phenoxy) is 9. The van der Waals surface area contributed by atoms with Crippen LogP contribution < -0.4 is 0 Å². The maximum atomic E-state index is 13.5. The first-order valence-electron chi connectivity index (χ1n) is 16.8. The maximum absolute atomic E-state index is 13.5. The number of aliphatic hydroxyl groups is 1. The first-order chi connectivity index (χ1) is 25.9. The Balaban J connectivity index is 1.47. The fourth-order valence-corrected chi connectivity index (χ4v) is 5.76. The lowest BCUT2D eigenvalue weighted by molar-refractivity contribution is -0.315. The molecule has 9 atom stereocenters. The molecular weight excluding hydrogens is 712 g/mol. The van der Waals surface area contributed by atoms with E-state index in [-0.39, 0.29) is 16.7 Å². The molecule has 0 radical (unpaired) electrons. The van der Waals surface area contributed by atoms with Gasteiger partial charge >= 0.3 is 35.8 Å². The lowest BCUT2D eigenvalue weighted by Crippen LogP contribution is -2.63. The van der Waals surface area contributed by atoms with Crippen molar-refractivity contribution in [2.45, 2.75) is 76.1 Å². The fourth-order valence-electron chi connectivity index (χ4n) is 5.76. The van der Waals surface area contributed by atoms with Gasteiger partial charge in [0.2, 0.25) is 0 Å². The average molecular weight is 751 g/mol. The molecule has 0 bridgehead atoms. The van der Waals surface area contributed by atoms with Crippen LogP contribution in [-0.4, -0.2) is 109 Å². The fraction of sp³-hybridized carbons (Fsp3) is 0.368. The van der Waals surface area contributed by atoms with Crippen LogP contribution in [0.5, 0.6) is 0 Å². The van der Waals surface area contributed by atoms with E-state index in [0.717, 1.165) is 20.8 Å². The van der Waals surface area contributed by atoms with Crippen molar-refractivity contribution in [1.82, 2.24) is 0 Å². The van der Waals surface area contributed by atoms with E-state index in [9.17, 15) is 33.9 Å². The van der Waals surface area contributed by atoms with E-state index in [2.05, 4.69) is 0 Å². The summed E-state index contributed by atoms with van der Waals surface area (Å²) < 4.78 is 51.1. The Morgan fingerprint density at radius 3 is 1.46 bits per heavy atom. The molecule has 2 saturated heterocycles. The van der Waals surface area contributed by atoms with Gasteiger partial charge in [-0.1, -0.05) is 54.6 Å². The topological polar surface area (TPSA) is 206 Å². The second-order valence-electron chi connectivity index (χ2n) is 12.1. The summed E-state index contributed by atoms with van der Waals surface area (Å²) in [5.41, 5.74) is 0.429. The highest BCUT2D eigenvalue weighted by atomic mass is 16.7. The maximum Gasteiger partial charge on any atom is 0.338 e. The lowest BCUT2D eigenvalue weighted by Gasteiger charge is -2.44. The van der Waals surface area contributed by atoms with E-state index in [1.54, 1.807) is 54.6 Å². The number of carbonyl (C=O) groups excluding carboxylic acids is 6. The molecule has 3 aromatic rings. The van der Waals surface area contributed by atoms with Gasteiger partial charge in [-0.05, 0) is 36.4 Å². The second-order valence-corrected chi connectivity index (χ2v) is 12.1. The minimum absolute atomic E-state index is 0.113. The van der Waals surface area contributed by atoms with Crippen LogP contribution in [0.4, 0.5) is 0 Å². The van der Waals surface area contributed by atoms with Crippen molar-refractivity contribution in [2.24, 2.45) is 0 Å². The Hall–Kier alpha value is -5.68. The van der Waals surface area contributed by atoms with Gasteiger partial charge in [-0.25, -0.2) is 14.4 Å². The number of rotatable bonds is 12. The predicted octanol–water partition coefficient (Wildman–Crippen LogP) is 2.55. The van der Waals surface area contributed by atoms with E-state index < -0.39 is 104 Å². The summed E-state index contributed by atoms with van der Waals surface area (Å²) in [4.78, 5) is 76.3. The Labute approximate surface area is 309 Å². The van der Waals surface area contributed by atoms with Crippen LogP contribution in [0.1, 0.15) is 51.8 Å². The predicted molar refractivity (Wildman–Crippen MR) is 180 cm³/mol. The van der Waals surface area contributed by atoms with E-state index in [0.29, 0.717) is 0 Å². The molecule has 5 rings (SSSR count). The second kappa shape index (κ2) is 18.4. The highest BCUT2D eigenvalue weighted by Crippen LogP contribution is 2.31. The molecule has 54 heavy (non-hydrogen) atoms. The highest BCUT2D eigenvalue weighted by Gasteiger charge is 2.53. The minimum atomic E-state index is -1.89. The quantitative estimate of drug-likeness (QED) is 0.209. The zero-order chi connectivity index (χ0) is 38.8. The number of aliphatic hydroxyl groups excluding tert-OH is 1. The molecule has 0 aliphatic carbocycles. The summed E-state index contributed by atoms with van der Waals surface area (Å²) >= 11 is 0. The van der Waals surface area contributed by atoms with Crippen molar-refractivity contribution < 1.29 is 76.5 Å². The molecule has 0 spiro atoms. The number of carbonyl (C=O) groups is 6. The molecule has 16 nitrogen and oxygen atoms in total. The molecule has 0 saturated carbocycles. The molecule has 16 heteroatoms. The first kappa shape index (κ1) is 39.5.